The van der Waals surface area contributed by atoms with Crippen LogP contribution < -0.4 is 14.5 Å². The van der Waals surface area contributed by atoms with Gasteiger partial charge in [-0.3, -0.25) is 0 Å². The molecule has 8 aromatic carbocycles. The zero-order valence-corrected chi connectivity index (χ0v) is 54.8. The Morgan fingerprint density at radius 1 is 0.353 bits per heavy atom. The normalized spacial score (nSPS) is 20.6. The first-order valence-electron chi connectivity index (χ1n) is 32.2. The number of para-hydroxylation sites is 2. The van der Waals surface area contributed by atoms with Crippen molar-refractivity contribution in [2.24, 2.45) is 0 Å². The van der Waals surface area contributed by atoms with Crippen molar-refractivity contribution in [2.45, 2.75) is 217 Å². The lowest BCUT2D eigenvalue weighted by molar-refractivity contribution is 0.331. The Labute approximate surface area is 514 Å². The van der Waals surface area contributed by atoms with Gasteiger partial charge in [-0.1, -0.05) is 184 Å². The van der Waals surface area contributed by atoms with Crippen molar-refractivity contribution < 1.29 is 0 Å². The molecule has 14 rings (SSSR count). The van der Waals surface area contributed by atoms with E-state index in [1.54, 1.807) is 0 Å². The molecule has 0 radical (unpaired) electrons. The second kappa shape index (κ2) is 19.0. The van der Waals surface area contributed by atoms with E-state index < -0.39 is 0 Å². The highest BCUT2D eigenvalue weighted by molar-refractivity contribution is 8.00. The van der Waals surface area contributed by atoms with Crippen molar-refractivity contribution in [3.8, 4) is 33.4 Å². The molecule has 0 saturated heterocycles. The van der Waals surface area contributed by atoms with E-state index in [4.69, 9.17) is 0 Å². The third-order valence-corrected chi connectivity index (χ3v) is 23.5. The van der Waals surface area contributed by atoms with Crippen LogP contribution in [0.3, 0.4) is 0 Å². The molecular weight excluding hydrogens is 1050 g/mol. The fourth-order valence-electron chi connectivity index (χ4n) is 16.5. The van der Waals surface area contributed by atoms with Gasteiger partial charge >= 0.3 is 0 Å². The standard InChI is InChI=1S/C81H91N3S/c1-74(2)31-33-76(5,6)63-40-50(27-29-61(63)74)73-60-43-56(83(53-23-19-17-20-24-53)54-25-21-18-22-26-54)45-71(73)84(55-28-30-62-65(44-55)78(9,10)34-32-75(62,3)4)70-48-67-68(81(15,16)38-37-80(67,13)14)49-72(70)85-82-69-42-52-39-51-41-64-66(47-58(51)57(52)46-59(60)69)79(11,12)36-35-77(64,7)8/h17-30,40-49,82H,31-39H2,1-16H3. The van der Waals surface area contributed by atoms with Crippen LogP contribution >= 0.6 is 11.9 Å². The maximum Gasteiger partial charge on any atom is 0.0618 e. The SMILES string of the molecule is CC1(C)CCC(C)(C)c2cc(-c3c4cc(N(c5ccccc5)c5ccccc5)cc3N(c3ccc5c(c3)C(C)(C)CCC5(C)C)c3cc5c(cc3SNc3cc6c(cc3-4)-c3cc4c(cc3C6)C(C)(C)CCC4(C)C)C(C)(C)CCC5(C)C)ccc21. The van der Waals surface area contributed by atoms with Crippen LogP contribution in [0.15, 0.2) is 150 Å². The maximum absolute atomic E-state index is 4.28. The molecule has 1 aliphatic heterocycles. The highest BCUT2D eigenvalue weighted by Gasteiger charge is 2.44. The van der Waals surface area contributed by atoms with Gasteiger partial charge in [0.05, 0.1) is 22.0 Å². The lowest BCUT2D eigenvalue weighted by Crippen LogP contribution is -2.34. The molecule has 5 aliphatic carbocycles. The number of hydrogen-bond acceptors (Lipinski definition) is 4. The van der Waals surface area contributed by atoms with Gasteiger partial charge in [0.1, 0.15) is 0 Å². The van der Waals surface area contributed by atoms with Gasteiger partial charge in [0.25, 0.3) is 0 Å². The first-order valence-corrected chi connectivity index (χ1v) is 33.0. The molecule has 0 saturated carbocycles. The zero-order valence-electron chi connectivity index (χ0n) is 54.0. The molecule has 3 nitrogen and oxygen atoms in total. The van der Waals surface area contributed by atoms with E-state index in [0.717, 1.165) is 54.9 Å². The Morgan fingerprint density at radius 2 is 0.800 bits per heavy atom. The van der Waals surface area contributed by atoms with Crippen molar-refractivity contribution in [1.82, 2.24) is 0 Å². The van der Waals surface area contributed by atoms with Gasteiger partial charge in [-0.25, -0.2) is 0 Å². The maximum atomic E-state index is 4.28. The van der Waals surface area contributed by atoms with E-state index >= 15 is 0 Å². The van der Waals surface area contributed by atoms with E-state index in [1.165, 1.54) is 137 Å². The first kappa shape index (κ1) is 56.3. The van der Waals surface area contributed by atoms with E-state index in [1.807, 2.05) is 11.9 Å². The molecule has 1 heterocycles. The number of rotatable bonds is 5. The summed E-state index contributed by atoms with van der Waals surface area (Å²) in [5, 5.41) is 0. The molecule has 0 aromatic heterocycles. The summed E-state index contributed by atoms with van der Waals surface area (Å²) in [6.45, 7) is 39.7. The predicted molar refractivity (Wildman–Crippen MR) is 366 cm³/mol. The van der Waals surface area contributed by atoms with Gasteiger partial charge in [-0.05, 0) is 264 Å². The minimum atomic E-state index is -0.0310. The second-order valence-corrected chi connectivity index (χ2v) is 33.0. The predicted octanol–water partition coefficient (Wildman–Crippen LogP) is 23.4. The van der Waals surface area contributed by atoms with Crippen LogP contribution in [-0.4, -0.2) is 0 Å². The van der Waals surface area contributed by atoms with Crippen LogP contribution in [0.2, 0.25) is 0 Å². The van der Waals surface area contributed by atoms with Gasteiger partial charge in [0.2, 0.25) is 0 Å². The molecular formula is C81H91N3S. The van der Waals surface area contributed by atoms with Crippen molar-refractivity contribution >= 4 is 51.8 Å². The quantitative estimate of drug-likeness (QED) is 0.173. The smallest absolute Gasteiger partial charge is 0.0618 e. The third-order valence-electron chi connectivity index (χ3n) is 22.6. The number of hydrogen-bond donors (Lipinski definition) is 1. The van der Waals surface area contributed by atoms with Gasteiger partial charge < -0.3 is 14.5 Å². The number of benzene rings is 8. The van der Waals surface area contributed by atoms with Crippen LogP contribution in [-0.2, 0) is 49.7 Å². The Balaban J connectivity index is 1.17. The van der Waals surface area contributed by atoms with Crippen LogP contribution in [0.25, 0.3) is 33.4 Å². The number of fused-ring (bicyclic) bond motifs is 12. The molecule has 0 spiro atoms. The Hall–Kier alpha value is -6.49. The van der Waals surface area contributed by atoms with Crippen LogP contribution in [0, 0.1) is 0 Å². The molecule has 85 heavy (non-hydrogen) atoms. The van der Waals surface area contributed by atoms with Crippen molar-refractivity contribution in [1.29, 1.82) is 0 Å². The fourth-order valence-corrected chi connectivity index (χ4v) is 17.3. The largest absolute Gasteiger partial charge is 0.325 e. The van der Waals surface area contributed by atoms with E-state index in [-0.39, 0.29) is 43.3 Å². The molecule has 4 heteroatoms. The number of nitrogens with one attached hydrogen (secondary N) is 1. The Kier molecular flexibility index (Phi) is 12.6. The average Bonchev–Trinajstić information content (AvgIpc) is 2.18. The third kappa shape index (κ3) is 9.09. The summed E-state index contributed by atoms with van der Waals surface area (Å²) in [6.07, 6.45) is 10.2. The monoisotopic (exact) mass is 1140 g/mol. The number of nitrogens with zero attached hydrogens (tertiary/aromatic N) is 2. The van der Waals surface area contributed by atoms with Crippen LogP contribution in [0.1, 0.15) is 218 Å². The first-order chi connectivity index (χ1) is 40.0. The fraction of sp³-hybridized carbons (Fsp3) is 0.407. The summed E-state index contributed by atoms with van der Waals surface area (Å²) in [5.41, 5.74) is 30.9. The number of anilines is 7. The van der Waals surface area contributed by atoms with E-state index in [9.17, 15) is 0 Å². The van der Waals surface area contributed by atoms with Crippen molar-refractivity contribution in [2.75, 3.05) is 14.5 Å². The van der Waals surface area contributed by atoms with Crippen LogP contribution in [0.5, 0.6) is 0 Å². The highest BCUT2D eigenvalue weighted by Crippen LogP contribution is 2.60. The zero-order chi connectivity index (χ0) is 59.8. The summed E-state index contributed by atoms with van der Waals surface area (Å²) in [5.74, 6) is 0. The summed E-state index contributed by atoms with van der Waals surface area (Å²) in [4.78, 5) is 6.50. The summed E-state index contributed by atoms with van der Waals surface area (Å²) in [6, 6.07) is 58.4. The summed E-state index contributed by atoms with van der Waals surface area (Å²) in [7, 11) is 0. The molecule has 1 N–H and O–H groups in total. The Bertz CT molecular complexity index is 4010. The lowest BCUT2D eigenvalue weighted by Gasteiger charge is -2.44. The van der Waals surface area contributed by atoms with Crippen molar-refractivity contribution in [3.63, 3.8) is 0 Å². The summed E-state index contributed by atoms with van der Waals surface area (Å²) >= 11 is 1.82. The van der Waals surface area contributed by atoms with Crippen LogP contribution in [0.4, 0.5) is 39.8 Å². The highest BCUT2D eigenvalue weighted by atomic mass is 32.2. The topological polar surface area (TPSA) is 18.5 Å². The van der Waals surface area contributed by atoms with Gasteiger partial charge in [-0.15, -0.1) is 0 Å². The molecule has 6 aliphatic rings. The minimum Gasteiger partial charge on any atom is -0.325 e. The molecule has 2 bridgehead atoms. The molecule has 0 fully saturated rings. The van der Waals surface area contributed by atoms with E-state index in [2.05, 4.69) is 271 Å². The van der Waals surface area contributed by atoms with E-state index in [0.29, 0.717) is 0 Å². The Morgan fingerprint density at radius 3 is 1.35 bits per heavy atom. The molecule has 8 aromatic rings. The molecule has 0 amide bonds. The molecule has 0 atom stereocenters. The minimum absolute atomic E-state index is 0.00263. The van der Waals surface area contributed by atoms with Gasteiger partial charge in [0, 0.05) is 33.9 Å². The molecule has 436 valence electrons. The lowest BCUT2D eigenvalue weighted by atomic mass is 9.62. The summed E-state index contributed by atoms with van der Waals surface area (Å²) < 4.78 is 4.28. The van der Waals surface area contributed by atoms with Crippen molar-refractivity contribution in [3.05, 3.63) is 201 Å². The van der Waals surface area contributed by atoms with Gasteiger partial charge in [-0.2, -0.15) is 0 Å². The van der Waals surface area contributed by atoms with Gasteiger partial charge in [0.15, 0.2) is 0 Å². The second-order valence-electron chi connectivity index (χ2n) is 32.1. The average molecular weight is 1140 g/mol. The molecule has 0 unspecified atom stereocenters.